The number of hydrogen-bond acceptors (Lipinski definition) is 3. The molecule has 18 heavy (non-hydrogen) atoms. The molecule has 0 saturated carbocycles. The zero-order valence-corrected chi connectivity index (χ0v) is 10.4. The van der Waals surface area contributed by atoms with E-state index in [9.17, 15) is 4.79 Å². The Bertz CT molecular complexity index is 372. The molecule has 4 nitrogen and oxygen atoms in total. The number of piperidine rings is 1. The predicted octanol–water partition coefficient (Wildman–Crippen LogP) is 1.86. The molecule has 1 heterocycles. The number of benzene rings is 1. The monoisotopic (exact) mass is 249 g/mol. The van der Waals surface area contributed by atoms with Crippen LogP contribution >= 0.6 is 0 Å². The van der Waals surface area contributed by atoms with Gasteiger partial charge in [0.05, 0.1) is 5.92 Å². The summed E-state index contributed by atoms with van der Waals surface area (Å²) >= 11 is 0. The van der Waals surface area contributed by atoms with E-state index in [2.05, 4.69) is 4.90 Å². The molecule has 1 aromatic rings. The van der Waals surface area contributed by atoms with Gasteiger partial charge in [-0.2, -0.15) is 0 Å². The van der Waals surface area contributed by atoms with Gasteiger partial charge in [-0.1, -0.05) is 18.2 Å². The lowest BCUT2D eigenvalue weighted by atomic mass is 9.97. The Morgan fingerprint density at radius 1 is 1.28 bits per heavy atom. The van der Waals surface area contributed by atoms with E-state index < -0.39 is 5.97 Å². The van der Waals surface area contributed by atoms with Crippen LogP contribution in [0.4, 0.5) is 0 Å². The standard InChI is InChI=1S/C14H19NO3/c16-14(17)12-6-8-15(9-7-12)10-11-18-13-4-2-1-3-5-13/h1-5,12H,6-11H2,(H,16,17). The first-order chi connectivity index (χ1) is 8.75. The summed E-state index contributed by atoms with van der Waals surface area (Å²) in [5.74, 6) is 0.0735. The van der Waals surface area contributed by atoms with E-state index in [-0.39, 0.29) is 5.92 Å². The van der Waals surface area contributed by atoms with Crippen LogP contribution in [0.2, 0.25) is 0 Å². The van der Waals surface area contributed by atoms with Gasteiger partial charge >= 0.3 is 5.97 Å². The number of nitrogens with zero attached hydrogens (tertiary/aromatic N) is 1. The molecule has 0 bridgehead atoms. The number of carboxylic acid groups (broad SMARTS) is 1. The van der Waals surface area contributed by atoms with Crippen LogP contribution in [0.3, 0.4) is 0 Å². The molecule has 2 rings (SSSR count). The highest BCUT2D eigenvalue weighted by Crippen LogP contribution is 2.17. The van der Waals surface area contributed by atoms with E-state index in [1.165, 1.54) is 0 Å². The Morgan fingerprint density at radius 2 is 1.94 bits per heavy atom. The highest BCUT2D eigenvalue weighted by Gasteiger charge is 2.23. The molecule has 1 fully saturated rings. The number of rotatable bonds is 5. The van der Waals surface area contributed by atoms with Gasteiger partial charge in [0.1, 0.15) is 12.4 Å². The van der Waals surface area contributed by atoms with Gasteiger partial charge in [-0.15, -0.1) is 0 Å². The second kappa shape index (κ2) is 6.40. The van der Waals surface area contributed by atoms with E-state index >= 15 is 0 Å². The number of para-hydroxylation sites is 1. The summed E-state index contributed by atoms with van der Waals surface area (Å²) in [6.07, 6.45) is 1.50. The summed E-state index contributed by atoms with van der Waals surface area (Å²) in [5, 5.41) is 8.91. The van der Waals surface area contributed by atoms with E-state index in [0.717, 1.165) is 38.2 Å². The van der Waals surface area contributed by atoms with Gasteiger partial charge < -0.3 is 9.84 Å². The highest BCUT2D eigenvalue weighted by atomic mass is 16.5. The van der Waals surface area contributed by atoms with Crippen molar-refractivity contribution in [1.29, 1.82) is 0 Å². The maximum Gasteiger partial charge on any atom is 0.306 e. The molecule has 1 aliphatic heterocycles. The first-order valence-electron chi connectivity index (χ1n) is 6.39. The minimum atomic E-state index is -0.657. The first-order valence-corrected chi connectivity index (χ1v) is 6.39. The van der Waals surface area contributed by atoms with Gasteiger partial charge in [0.2, 0.25) is 0 Å². The second-order valence-electron chi connectivity index (χ2n) is 4.62. The number of hydrogen-bond donors (Lipinski definition) is 1. The van der Waals surface area contributed by atoms with Crippen LogP contribution in [0.1, 0.15) is 12.8 Å². The summed E-state index contributed by atoms with van der Waals surface area (Å²) < 4.78 is 5.63. The molecule has 1 aliphatic rings. The van der Waals surface area contributed by atoms with Gasteiger partial charge in [-0.25, -0.2) is 0 Å². The zero-order chi connectivity index (χ0) is 12.8. The maximum atomic E-state index is 10.8. The molecule has 1 aromatic carbocycles. The normalized spacial score (nSPS) is 17.6. The van der Waals surface area contributed by atoms with E-state index in [4.69, 9.17) is 9.84 Å². The fraction of sp³-hybridized carbons (Fsp3) is 0.500. The Hall–Kier alpha value is -1.55. The minimum absolute atomic E-state index is 0.156. The lowest BCUT2D eigenvalue weighted by Gasteiger charge is -2.29. The first kappa shape index (κ1) is 12.9. The lowest BCUT2D eigenvalue weighted by Crippen LogP contribution is -2.38. The van der Waals surface area contributed by atoms with Crippen molar-refractivity contribution in [2.24, 2.45) is 5.92 Å². The molecule has 0 spiro atoms. The predicted molar refractivity (Wildman–Crippen MR) is 68.7 cm³/mol. The van der Waals surface area contributed by atoms with Gasteiger partial charge in [-0.3, -0.25) is 9.69 Å². The van der Waals surface area contributed by atoms with Crippen LogP contribution in [-0.2, 0) is 4.79 Å². The average molecular weight is 249 g/mol. The van der Waals surface area contributed by atoms with Crippen molar-refractivity contribution >= 4 is 5.97 Å². The van der Waals surface area contributed by atoms with Crippen LogP contribution in [0.15, 0.2) is 30.3 Å². The number of likely N-dealkylation sites (tertiary alicyclic amines) is 1. The van der Waals surface area contributed by atoms with Crippen molar-refractivity contribution < 1.29 is 14.6 Å². The summed E-state index contributed by atoms with van der Waals surface area (Å²) in [5.41, 5.74) is 0. The van der Waals surface area contributed by atoms with Crippen molar-refractivity contribution in [3.05, 3.63) is 30.3 Å². The van der Waals surface area contributed by atoms with Crippen molar-refractivity contribution in [2.45, 2.75) is 12.8 Å². The largest absolute Gasteiger partial charge is 0.492 e. The fourth-order valence-electron chi connectivity index (χ4n) is 2.21. The summed E-state index contributed by atoms with van der Waals surface area (Å²) in [7, 11) is 0. The lowest BCUT2D eigenvalue weighted by molar-refractivity contribution is -0.143. The quantitative estimate of drug-likeness (QED) is 0.865. The molecule has 0 aliphatic carbocycles. The molecule has 1 N–H and O–H groups in total. The maximum absolute atomic E-state index is 10.8. The SMILES string of the molecule is O=C(O)C1CCN(CCOc2ccccc2)CC1. The fourth-order valence-corrected chi connectivity index (χ4v) is 2.21. The zero-order valence-electron chi connectivity index (χ0n) is 10.4. The number of aliphatic carboxylic acids is 1. The number of ether oxygens (including phenoxy) is 1. The van der Waals surface area contributed by atoms with E-state index in [1.807, 2.05) is 30.3 Å². The summed E-state index contributed by atoms with van der Waals surface area (Å²) in [4.78, 5) is 13.1. The number of carbonyl (C=O) groups is 1. The summed E-state index contributed by atoms with van der Waals surface area (Å²) in [6.45, 7) is 3.23. The topological polar surface area (TPSA) is 49.8 Å². The van der Waals surface area contributed by atoms with Crippen molar-refractivity contribution in [1.82, 2.24) is 4.90 Å². The Kier molecular flexibility index (Phi) is 4.59. The summed E-state index contributed by atoms with van der Waals surface area (Å²) in [6, 6.07) is 9.75. The Labute approximate surface area is 107 Å². The molecule has 0 atom stereocenters. The third kappa shape index (κ3) is 3.74. The second-order valence-corrected chi connectivity index (χ2v) is 4.62. The third-order valence-electron chi connectivity index (χ3n) is 3.36. The van der Waals surface area contributed by atoms with Crippen LogP contribution in [0.25, 0.3) is 0 Å². The average Bonchev–Trinajstić information content (AvgIpc) is 2.40. The molecule has 1 saturated heterocycles. The van der Waals surface area contributed by atoms with Crippen LogP contribution < -0.4 is 4.74 Å². The molecule has 0 unspecified atom stereocenters. The van der Waals surface area contributed by atoms with Gasteiger partial charge in [0.25, 0.3) is 0 Å². The molecular formula is C14H19NO3. The van der Waals surface area contributed by atoms with Crippen LogP contribution in [0.5, 0.6) is 5.75 Å². The molecular weight excluding hydrogens is 230 g/mol. The Balaban J connectivity index is 1.65. The third-order valence-corrected chi connectivity index (χ3v) is 3.36. The molecule has 0 aromatic heterocycles. The number of carboxylic acids is 1. The van der Waals surface area contributed by atoms with Gasteiger partial charge in [0, 0.05) is 6.54 Å². The van der Waals surface area contributed by atoms with Crippen LogP contribution in [0, 0.1) is 5.92 Å². The van der Waals surface area contributed by atoms with Crippen molar-refractivity contribution in [2.75, 3.05) is 26.2 Å². The van der Waals surface area contributed by atoms with E-state index in [0.29, 0.717) is 6.61 Å². The molecule has 0 radical (unpaired) electrons. The van der Waals surface area contributed by atoms with Crippen molar-refractivity contribution in [3.8, 4) is 5.75 Å². The smallest absolute Gasteiger partial charge is 0.306 e. The molecule has 0 amide bonds. The highest BCUT2D eigenvalue weighted by molar-refractivity contribution is 5.70. The minimum Gasteiger partial charge on any atom is -0.492 e. The molecule has 98 valence electrons. The van der Waals surface area contributed by atoms with Crippen LogP contribution in [-0.4, -0.2) is 42.2 Å². The van der Waals surface area contributed by atoms with Gasteiger partial charge in [0.15, 0.2) is 0 Å². The Morgan fingerprint density at radius 3 is 2.56 bits per heavy atom. The van der Waals surface area contributed by atoms with Gasteiger partial charge in [-0.05, 0) is 38.1 Å². The van der Waals surface area contributed by atoms with E-state index in [1.54, 1.807) is 0 Å². The molecule has 4 heteroatoms. The van der Waals surface area contributed by atoms with Crippen molar-refractivity contribution in [3.63, 3.8) is 0 Å².